The third kappa shape index (κ3) is 4.94. The van der Waals surface area contributed by atoms with Gasteiger partial charge in [0.15, 0.2) is 6.61 Å². The minimum Gasteiger partial charge on any atom is -0.497 e. The first-order valence-corrected chi connectivity index (χ1v) is 12.2. The lowest BCUT2D eigenvalue weighted by molar-refractivity contribution is -0.118. The number of fused-ring (bicyclic) bond motifs is 1. The molecule has 4 rings (SSSR count). The van der Waals surface area contributed by atoms with Crippen LogP contribution in [0.1, 0.15) is 12.0 Å². The Labute approximate surface area is 199 Å². The number of sulfonamides is 1. The molecule has 1 heterocycles. The predicted octanol–water partition coefficient (Wildman–Crippen LogP) is 3.86. The zero-order valence-corrected chi connectivity index (χ0v) is 19.8. The number of anilines is 2. The highest BCUT2D eigenvalue weighted by molar-refractivity contribution is 7.92. The van der Waals surface area contributed by atoms with Crippen molar-refractivity contribution in [1.29, 1.82) is 0 Å². The van der Waals surface area contributed by atoms with Crippen molar-refractivity contribution in [1.82, 2.24) is 0 Å². The van der Waals surface area contributed by atoms with Crippen molar-refractivity contribution in [3.05, 3.63) is 72.3 Å². The average Bonchev–Trinajstić information content (AvgIpc) is 2.87. The molecule has 0 aliphatic carbocycles. The van der Waals surface area contributed by atoms with E-state index in [0.29, 0.717) is 29.5 Å². The number of hydrogen-bond donors (Lipinski definition) is 1. The largest absolute Gasteiger partial charge is 0.497 e. The Morgan fingerprint density at radius 3 is 2.44 bits per heavy atom. The molecule has 0 atom stereocenters. The molecule has 0 fully saturated rings. The van der Waals surface area contributed by atoms with Crippen molar-refractivity contribution < 1.29 is 27.4 Å². The summed E-state index contributed by atoms with van der Waals surface area (Å²) in [5.41, 5.74) is 2.20. The number of methoxy groups -OCH3 is 2. The quantitative estimate of drug-likeness (QED) is 0.524. The van der Waals surface area contributed by atoms with Crippen LogP contribution < -0.4 is 23.8 Å². The Morgan fingerprint density at radius 1 is 0.971 bits per heavy atom. The van der Waals surface area contributed by atoms with Gasteiger partial charge < -0.3 is 19.5 Å². The van der Waals surface area contributed by atoms with Gasteiger partial charge in [0, 0.05) is 12.6 Å². The Morgan fingerprint density at radius 2 is 1.71 bits per heavy atom. The summed E-state index contributed by atoms with van der Waals surface area (Å²) in [4.78, 5) is 12.5. The molecule has 8 nitrogen and oxygen atoms in total. The number of rotatable bonds is 8. The van der Waals surface area contributed by atoms with E-state index in [1.54, 1.807) is 30.3 Å². The van der Waals surface area contributed by atoms with Gasteiger partial charge in [-0.3, -0.25) is 9.10 Å². The van der Waals surface area contributed by atoms with E-state index in [2.05, 4.69) is 5.32 Å². The lowest BCUT2D eigenvalue weighted by Crippen LogP contribution is -2.35. The van der Waals surface area contributed by atoms with E-state index in [-0.39, 0.29) is 11.5 Å². The molecule has 0 saturated heterocycles. The van der Waals surface area contributed by atoms with Crippen molar-refractivity contribution in [2.45, 2.75) is 17.7 Å². The van der Waals surface area contributed by atoms with Crippen LogP contribution in [0.2, 0.25) is 0 Å². The molecule has 9 heteroatoms. The Balaban J connectivity index is 1.41. The Hall–Kier alpha value is -3.72. The minimum absolute atomic E-state index is 0.169. The fourth-order valence-electron chi connectivity index (χ4n) is 3.83. The maximum Gasteiger partial charge on any atom is 0.264 e. The molecule has 0 radical (unpaired) electrons. The van der Waals surface area contributed by atoms with Gasteiger partial charge in [-0.2, -0.15) is 0 Å². The van der Waals surface area contributed by atoms with Crippen LogP contribution in [0.4, 0.5) is 11.4 Å². The third-order valence-corrected chi connectivity index (χ3v) is 7.36. The molecular formula is C25H26N2O6S. The number of benzene rings is 3. The Bertz CT molecular complexity index is 1270. The summed E-state index contributed by atoms with van der Waals surface area (Å²) in [6.45, 7) is 0.178. The summed E-state index contributed by atoms with van der Waals surface area (Å²) in [5.74, 6) is 1.05. The smallest absolute Gasteiger partial charge is 0.264 e. The normalized spacial score (nSPS) is 13.1. The monoisotopic (exact) mass is 482 g/mol. The van der Waals surface area contributed by atoms with Gasteiger partial charge in [-0.05, 0) is 60.9 Å². The van der Waals surface area contributed by atoms with Crippen LogP contribution in [0.25, 0.3) is 0 Å². The van der Waals surface area contributed by atoms with E-state index in [1.165, 1.54) is 30.7 Å². The van der Waals surface area contributed by atoms with Crippen molar-refractivity contribution >= 4 is 27.3 Å². The second-order valence-electron chi connectivity index (χ2n) is 7.68. The van der Waals surface area contributed by atoms with Crippen LogP contribution in [0.5, 0.6) is 17.2 Å². The van der Waals surface area contributed by atoms with Gasteiger partial charge in [-0.15, -0.1) is 0 Å². The molecular weight excluding hydrogens is 456 g/mol. The summed E-state index contributed by atoms with van der Waals surface area (Å²) < 4.78 is 43.9. The SMILES string of the molecule is COc1ccc(OC)c(NC(=O)COc2ccc(S(=O)(=O)N3CCCc4ccccc43)cc2)c1. The fraction of sp³-hybridized carbons (Fsp3) is 0.240. The average molecular weight is 483 g/mol. The van der Waals surface area contributed by atoms with Crippen LogP contribution in [-0.2, 0) is 21.2 Å². The molecule has 3 aromatic carbocycles. The van der Waals surface area contributed by atoms with Crippen LogP contribution >= 0.6 is 0 Å². The summed E-state index contributed by atoms with van der Waals surface area (Å²) >= 11 is 0. The highest BCUT2D eigenvalue weighted by atomic mass is 32.2. The van der Waals surface area contributed by atoms with Gasteiger partial charge in [0.1, 0.15) is 17.2 Å². The van der Waals surface area contributed by atoms with E-state index >= 15 is 0 Å². The van der Waals surface area contributed by atoms with Crippen LogP contribution in [0, 0.1) is 0 Å². The molecule has 178 valence electrons. The minimum atomic E-state index is -3.71. The molecule has 0 saturated carbocycles. The number of nitrogens with zero attached hydrogens (tertiary/aromatic N) is 1. The zero-order chi connectivity index (χ0) is 24.1. The maximum atomic E-state index is 13.2. The number of amides is 1. The summed E-state index contributed by atoms with van der Waals surface area (Å²) in [6.07, 6.45) is 1.63. The van der Waals surface area contributed by atoms with Gasteiger partial charge in [0.2, 0.25) is 0 Å². The number of carbonyl (C=O) groups excluding carboxylic acids is 1. The number of ether oxygens (including phenoxy) is 3. The third-order valence-electron chi connectivity index (χ3n) is 5.53. The van der Waals surface area contributed by atoms with E-state index in [0.717, 1.165) is 24.1 Å². The van der Waals surface area contributed by atoms with Gasteiger partial charge in [-0.1, -0.05) is 18.2 Å². The molecule has 0 unspecified atom stereocenters. The predicted molar refractivity (Wildman–Crippen MR) is 129 cm³/mol. The highest BCUT2D eigenvalue weighted by Gasteiger charge is 2.28. The number of nitrogens with one attached hydrogen (secondary N) is 1. The number of hydrogen-bond acceptors (Lipinski definition) is 6. The van der Waals surface area contributed by atoms with Gasteiger partial charge in [0.05, 0.1) is 30.5 Å². The van der Waals surface area contributed by atoms with Crippen LogP contribution in [0.15, 0.2) is 71.6 Å². The molecule has 0 spiro atoms. The lowest BCUT2D eigenvalue weighted by atomic mass is 10.0. The van der Waals surface area contributed by atoms with Crippen molar-refractivity contribution in [3.8, 4) is 17.2 Å². The first-order valence-electron chi connectivity index (χ1n) is 10.8. The molecule has 1 aliphatic rings. The van der Waals surface area contributed by atoms with E-state index in [9.17, 15) is 13.2 Å². The van der Waals surface area contributed by atoms with Crippen molar-refractivity contribution in [2.75, 3.05) is 37.0 Å². The van der Waals surface area contributed by atoms with E-state index in [4.69, 9.17) is 14.2 Å². The second kappa shape index (κ2) is 10.0. The zero-order valence-electron chi connectivity index (χ0n) is 19.0. The highest BCUT2D eigenvalue weighted by Crippen LogP contribution is 2.32. The summed E-state index contributed by atoms with van der Waals surface area (Å²) in [7, 11) is -0.668. The number of para-hydroxylation sites is 1. The van der Waals surface area contributed by atoms with Crippen molar-refractivity contribution in [3.63, 3.8) is 0 Å². The first-order chi connectivity index (χ1) is 16.4. The summed E-state index contributed by atoms with van der Waals surface area (Å²) in [6, 6.07) is 18.7. The Kier molecular flexibility index (Phi) is 6.93. The molecule has 0 bridgehead atoms. The second-order valence-corrected chi connectivity index (χ2v) is 9.55. The molecule has 3 aromatic rings. The number of carbonyl (C=O) groups is 1. The molecule has 0 aromatic heterocycles. The number of aryl methyl sites for hydroxylation is 1. The maximum absolute atomic E-state index is 13.2. The molecule has 34 heavy (non-hydrogen) atoms. The van der Waals surface area contributed by atoms with Gasteiger partial charge >= 0.3 is 0 Å². The standard InChI is InChI=1S/C25H26N2O6S/c1-31-20-11-14-24(32-2)22(16-20)26-25(28)17-33-19-9-12-21(13-10-19)34(29,30)27-15-5-7-18-6-3-4-8-23(18)27/h3-4,6,8-14,16H,5,7,15,17H2,1-2H3,(H,26,28). The van der Waals surface area contributed by atoms with Gasteiger partial charge in [0.25, 0.3) is 15.9 Å². The van der Waals surface area contributed by atoms with E-state index in [1.807, 2.05) is 24.3 Å². The lowest BCUT2D eigenvalue weighted by Gasteiger charge is -2.30. The summed E-state index contributed by atoms with van der Waals surface area (Å²) in [5, 5.41) is 2.72. The van der Waals surface area contributed by atoms with Crippen molar-refractivity contribution in [2.24, 2.45) is 0 Å². The van der Waals surface area contributed by atoms with Crippen LogP contribution in [-0.4, -0.2) is 41.7 Å². The molecule has 1 N–H and O–H groups in total. The molecule has 1 amide bonds. The molecule has 1 aliphatic heterocycles. The van der Waals surface area contributed by atoms with E-state index < -0.39 is 15.9 Å². The first kappa shape index (κ1) is 23.4. The topological polar surface area (TPSA) is 94.2 Å². The fourth-order valence-corrected chi connectivity index (χ4v) is 5.37. The van der Waals surface area contributed by atoms with Crippen LogP contribution in [0.3, 0.4) is 0 Å². The van der Waals surface area contributed by atoms with Gasteiger partial charge in [-0.25, -0.2) is 8.42 Å².